The maximum atomic E-state index is 5.74. The van der Waals surface area contributed by atoms with Gasteiger partial charge >= 0.3 is 0 Å². The minimum Gasteiger partial charge on any atom is -0.450 e. The molecular weight excluding hydrogens is 168 g/mol. The monoisotopic (exact) mass is 186 g/mol. The maximum Gasteiger partial charge on any atom is 0.130 e. The maximum absolute atomic E-state index is 5.74. The number of hydrogen-bond acceptors (Lipinski definition) is 1. The summed E-state index contributed by atoms with van der Waals surface area (Å²) in [5, 5.41) is 0. The molecule has 0 aliphatic heterocycles. The lowest BCUT2D eigenvalue weighted by molar-refractivity contribution is 0.495. The Hall–Kier alpha value is -0.370. The Bertz CT molecular complexity index is 210. The van der Waals surface area contributed by atoms with Gasteiger partial charge in [0.05, 0.1) is 0 Å². The largest absolute Gasteiger partial charge is 0.450 e. The molecule has 0 aromatic heterocycles. The number of rotatable bonds is 3. The fourth-order valence-electron chi connectivity index (χ4n) is 1.28. The second kappa shape index (κ2) is 3.56. The molecule has 12 heavy (non-hydrogen) atoms. The molecule has 0 radical (unpaired) electrons. The van der Waals surface area contributed by atoms with Crippen LogP contribution in [0.15, 0.2) is 24.0 Å². The van der Waals surface area contributed by atoms with Crippen molar-refractivity contribution in [3.63, 3.8) is 0 Å². The molecule has 0 unspecified atom stereocenters. The molecule has 0 atom stereocenters. The Morgan fingerprint density at radius 3 is 2.58 bits per heavy atom. The van der Waals surface area contributed by atoms with Gasteiger partial charge in [-0.2, -0.15) is 0 Å². The number of allylic oxidation sites excluding steroid dienone is 2. The lowest BCUT2D eigenvalue weighted by Crippen LogP contribution is -1.99. The van der Waals surface area contributed by atoms with Crippen molar-refractivity contribution in [2.45, 2.75) is 19.3 Å². The Labute approximate surface area is 77.0 Å². The minimum absolute atomic E-state index is 0.898. The van der Waals surface area contributed by atoms with Gasteiger partial charge in [-0.15, -0.1) is 10.3 Å². The van der Waals surface area contributed by atoms with Crippen LogP contribution in [0.4, 0.5) is 0 Å². The molecule has 0 aromatic rings. The summed E-state index contributed by atoms with van der Waals surface area (Å²) in [6, 6.07) is 0. The predicted molar refractivity (Wildman–Crippen MR) is 57.5 cm³/mol. The molecule has 1 aliphatic rings. The fourth-order valence-corrected chi connectivity index (χ4v) is 1.99. The molecule has 2 heteroatoms. The molecule has 0 amide bonds. The quantitative estimate of drug-likeness (QED) is 0.615. The van der Waals surface area contributed by atoms with Crippen molar-refractivity contribution in [3.05, 3.63) is 24.0 Å². The molecule has 70 valence electrons. The second-order valence-electron chi connectivity index (χ2n) is 3.85. The average Bonchev–Trinajstić information content (AvgIpc) is 2.32. The Morgan fingerprint density at radius 2 is 2.17 bits per heavy atom. The molecule has 0 fully saturated rings. The zero-order valence-corrected chi connectivity index (χ0v) is 9.04. The summed E-state index contributed by atoms with van der Waals surface area (Å²) >= 11 is 0. The van der Waals surface area contributed by atoms with E-state index in [1.807, 2.05) is 0 Å². The first-order valence-electron chi connectivity index (χ1n) is 4.25. The molecule has 1 nitrogen and oxygen atoms in total. The summed E-state index contributed by atoms with van der Waals surface area (Å²) in [4.78, 5) is 0. The first-order chi connectivity index (χ1) is 5.49. The van der Waals surface area contributed by atoms with E-state index >= 15 is 0 Å². The van der Waals surface area contributed by atoms with Crippen molar-refractivity contribution < 1.29 is 4.18 Å². The third kappa shape index (κ3) is 2.94. The fraction of sp³-hybridized carbons (Fsp3) is 0.600. The third-order valence-corrected chi connectivity index (χ3v) is 2.45. The van der Waals surface area contributed by atoms with Gasteiger partial charge in [0.2, 0.25) is 0 Å². The molecule has 0 bridgehead atoms. The highest BCUT2D eigenvalue weighted by Gasteiger charge is 2.13. The highest BCUT2D eigenvalue weighted by molar-refractivity contribution is 8.28. The zero-order chi connectivity index (χ0) is 9.19. The zero-order valence-electron chi connectivity index (χ0n) is 8.22. The first kappa shape index (κ1) is 9.72. The summed E-state index contributed by atoms with van der Waals surface area (Å²) < 4.78 is 5.74. The van der Waals surface area contributed by atoms with Gasteiger partial charge in [-0.1, -0.05) is 12.7 Å². The van der Waals surface area contributed by atoms with Gasteiger partial charge in [0.25, 0.3) is 0 Å². The van der Waals surface area contributed by atoms with E-state index in [1.54, 1.807) is 0 Å². The van der Waals surface area contributed by atoms with Crippen molar-refractivity contribution in [1.82, 2.24) is 0 Å². The van der Waals surface area contributed by atoms with Crippen LogP contribution in [-0.4, -0.2) is 18.8 Å². The smallest absolute Gasteiger partial charge is 0.130 e. The van der Waals surface area contributed by atoms with Gasteiger partial charge in [0, 0.05) is 0 Å². The lowest BCUT2D eigenvalue weighted by Gasteiger charge is -2.28. The molecule has 0 aromatic carbocycles. The second-order valence-corrected chi connectivity index (χ2v) is 7.47. The van der Waals surface area contributed by atoms with Gasteiger partial charge in [-0.25, -0.2) is 0 Å². The van der Waals surface area contributed by atoms with Gasteiger partial charge in [-0.3, -0.25) is 0 Å². The van der Waals surface area contributed by atoms with E-state index in [1.165, 1.54) is 18.4 Å². The van der Waals surface area contributed by atoms with Crippen LogP contribution in [0.5, 0.6) is 0 Å². The molecule has 1 aliphatic carbocycles. The van der Waals surface area contributed by atoms with E-state index in [9.17, 15) is 0 Å². The molecular formula is C10H18OS. The summed E-state index contributed by atoms with van der Waals surface area (Å²) in [6.45, 7) is 3.95. The minimum atomic E-state index is -0.901. The first-order valence-corrected chi connectivity index (χ1v) is 7.03. The van der Waals surface area contributed by atoms with Gasteiger partial charge in [-0.05, 0) is 43.6 Å². The van der Waals surface area contributed by atoms with Gasteiger partial charge in [0.1, 0.15) is 5.76 Å². The summed E-state index contributed by atoms with van der Waals surface area (Å²) in [6.07, 6.45) is 12.2. The Morgan fingerprint density at radius 1 is 1.50 bits per heavy atom. The third-order valence-electron chi connectivity index (χ3n) is 1.75. The van der Waals surface area contributed by atoms with Gasteiger partial charge < -0.3 is 4.18 Å². The molecule has 1 rings (SSSR count). The van der Waals surface area contributed by atoms with Crippen LogP contribution < -0.4 is 0 Å². The van der Waals surface area contributed by atoms with Crippen LogP contribution in [0.25, 0.3) is 0 Å². The van der Waals surface area contributed by atoms with Crippen molar-refractivity contribution >= 4 is 10.3 Å². The molecule has 0 spiro atoms. The molecule has 0 saturated carbocycles. The summed E-state index contributed by atoms with van der Waals surface area (Å²) in [5.74, 6) is 0.898. The normalized spacial score (nSPS) is 18.8. The molecule has 0 N–H and O–H groups in total. The van der Waals surface area contributed by atoms with E-state index in [4.69, 9.17) is 4.18 Å². The van der Waals surface area contributed by atoms with E-state index < -0.39 is 10.3 Å². The van der Waals surface area contributed by atoms with Crippen LogP contribution in [0.3, 0.4) is 0 Å². The number of hydrogen-bond donors (Lipinski definition) is 0. The lowest BCUT2D eigenvalue weighted by atomic mass is 10.2. The van der Waals surface area contributed by atoms with E-state index in [0.29, 0.717) is 0 Å². The Kier molecular flexibility index (Phi) is 2.89. The van der Waals surface area contributed by atoms with Crippen LogP contribution in [0.1, 0.15) is 19.3 Å². The van der Waals surface area contributed by atoms with Crippen molar-refractivity contribution in [1.29, 1.82) is 0 Å². The summed E-state index contributed by atoms with van der Waals surface area (Å²) in [5.41, 5.74) is 1.32. The highest BCUT2D eigenvalue weighted by Crippen LogP contribution is 2.41. The van der Waals surface area contributed by atoms with E-state index in [-0.39, 0.29) is 0 Å². The van der Waals surface area contributed by atoms with Crippen molar-refractivity contribution in [2.24, 2.45) is 0 Å². The van der Waals surface area contributed by atoms with Crippen molar-refractivity contribution in [2.75, 3.05) is 18.8 Å². The van der Waals surface area contributed by atoms with Crippen LogP contribution >= 0.6 is 10.3 Å². The van der Waals surface area contributed by atoms with E-state index in [0.717, 1.165) is 12.2 Å². The van der Waals surface area contributed by atoms with Crippen LogP contribution in [-0.2, 0) is 4.18 Å². The van der Waals surface area contributed by atoms with Crippen LogP contribution in [0, 0.1) is 0 Å². The average molecular weight is 186 g/mol. The highest BCUT2D eigenvalue weighted by atomic mass is 32.3. The van der Waals surface area contributed by atoms with Gasteiger partial charge in [0.15, 0.2) is 0 Å². The topological polar surface area (TPSA) is 9.23 Å². The molecule has 0 saturated heterocycles. The summed E-state index contributed by atoms with van der Waals surface area (Å²) in [7, 11) is -0.901. The SMILES string of the molecule is C=C(OS(C)(C)C)C1=CCCC1. The van der Waals surface area contributed by atoms with Crippen molar-refractivity contribution in [3.8, 4) is 0 Å². The predicted octanol–water partition coefficient (Wildman–Crippen LogP) is 3.24. The molecule has 0 heterocycles. The van der Waals surface area contributed by atoms with Crippen LogP contribution in [0.2, 0.25) is 0 Å². The Balaban J connectivity index is 2.49. The van der Waals surface area contributed by atoms with E-state index in [2.05, 4.69) is 31.4 Å². The standard InChI is InChI=1S/C10H18OS/c1-9(11-12(2,3)4)10-7-5-6-8-10/h7H,1,5-6,8H2,2-4H3.